The molecule has 0 atom stereocenters. The van der Waals surface area contributed by atoms with E-state index in [1.807, 2.05) is 6.07 Å². The van der Waals surface area contributed by atoms with Crippen molar-refractivity contribution in [2.24, 2.45) is 0 Å². The van der Waals surface area contributed by atoms with E-state index in [-0.39, 0.29) is 5.95 Å². The molecule has 18 heavy (non-hydrogen) atoms. The van der Waals surface area contributed by atoms with Gasteiger partial charge in [-0.3, -0.25) is 0 Å². The predicted octanol–water partition coefficient (Wildman–Crippen LogP) is 2.77. The number of imidazole rings is 1. The third kappa shape index (κ3) is 1.73. The molecule has 0 saturated carbocycles. The van der Waals surface area contributed by atoms with Gasteiger partial charge in [-0.15, -0.1) is 0 Å². The molecular formula is C11H7F3N4. The number of benzene rings is 1. The molecule has 0 fully saturated rings. The first kappa shape index (κ1) is 10.8. The van der Waals surface area contributed by atoms with E-state index in [0.717, 1.165) is 16.3 Å². The number of alkyl halides is 3. The van der Waals surface area contributed by atoms with E-state index in [2.05, 4.69) is 15.1 Å². The van der Waals surface area contributed by atoms with Gasteiger partial charge in [0.2, 0.25) is 5.95 Å². The Morgan fingerprint density at radius 2 is 1.89 bits per heavy atom. The zero-order valence-corrected chi connectivity index (χ0v) is 8.94. The second-order valence-corrected chi connectivity index (χ2v) is 3.72. The molecule has 0 unspecified atom stereocenters. The predicted molar refractivity (Wildman–Crippen MR) is 58.2 cm³/mol. The number of nitrogens with zero attached hydrogens (tertiary/aromatic N) is 3. The summed E-state index contributed by atoms with van der Waals surface area (Å²) in [5.41, 5.74) is 0.482. The van der Waals surface area contributed by atoms with E-state index < -0.39 is 11.9 Å². The van der Waals surface area contributed by atoms with Gasteiger partial charge in [-0.2, -0.15) is 18.3 Å². The lowest BCUT2D eigenvalue weighted by atomic mass is 10.3. The van der Waals surface area contributed by atoms with Crippen molar-refractivity contribution in [3.63, 3.8) is 0 Å². The maximum Gasteiger partial charge on any atom is 0.435 e. The number of aromatic amines is 1. The highest BCUT2D eigenvalue weighted by molar-refractivity contribution is 5.75. The van der Waals surface area contributed by atoms with Crippen LogP contribution in [-0.4, -0.2) is 19.7 Å². The normalized spacial score (nSPS) is 12.2. The number of para-hydroxylation sites is 2. The minimum absolute atomic E-state index is 0.256. The lowest BCUT2D eigenvalue weighted by Crippen LogP contribution is -2.07. The van der Waals surface area contributed by atoms with Crippen molar-refractivity contribution in [2.75, 3.05) is 0 Å². The van der Waals surface area contributed by atoms with E-state index in [1.54, 1.807) is 18.2 Å². The Balaban J connectivity index is 2.06. The summed E-state index contributed by atoms with van der Waals surface area (Å²) in [5.74, 6) is 0.256. The van der Waals surface area contributed by atoms with Crippen LogP contribution in [0.15, 0.2) is 36.5 Å². The first-order chi connectivity index (χ1) is 8.54. The highest BCUT2D eigenvalue weighted by Gasteiger charge is 2.33. The third-order valence-corrected chi connectivity index (χ3v) is 2.47. The van der Waals surface area contributed by atoms with Crippen molar-refractivity contribution in [1.82, 2.24) is 19.7 Å². The number of rotatable bonds is 1. The Labute approximate surface area is 99.1 Å². The fraction of sp³-hybridized carbons (Fsp3) is 0.0909. The molecule has 2 heterocycles. The summed E-state index contributed by atoms with van der Waals surface area (Å²) in [6.07, 6.45) is -3.22. The van der Waals surface area contributed by atoms with Gasteiger partial charge in [0.15, 0.2) is 5.69 Å². The highest BCUT2D eigenvalue weighted by atomic mass is 19.4. The van der Waals surface area contributed by atoms with Gasteiger partial charge in [0.1, 0.15) is 0 Å². The van der Waals surface area contributed by atoms with Crippen LogP contribution in [-0.2, 0) is 6.18 Å². The second-order valence-electron chi connectivity index (χ2n) is 3.72. The molecule has 0 aliphatic rings. The van der Waals surface area contributed by atoms with Gasteiger partial charge in [0.25, 0.3) is 0 Å². The molecule has 0 saturated heterocycles. The summed E-state index contributed by atoms with van der Waals surface area (Å²) >= 11 is 0. The van der Waals surface area contributed by atoms with Crippen LogP contribution in [0.1, 0.15) is 5.69 Å². The first-order valence-corrected chi connectivity index (χ1v) is 5.12. The quantitative estimate of drug-likeness (QED) is 0.723. The number of halogens is 3. The van der Waals surface area contributed by atoms with Crippen LogP contribution in [0, 0.1) is 0 Å². The number of fused-ring (bicyclic) bond motifs is 1. The van der Waals surface area contributed by atoms with E-state index >= 15 is 0 Å². The van der Waals surface area contributed by atoms with Crippen LogP contribution in [0.2, 0.25) is 0 Å². The topological polar surface area (TPSA) is 46.5 Å². The summed E-state index contributed by atoms with van der Waals surface area (Å²) in [5, 5.41) is 3.44. The average Bonchev–Trinajstić information content (AvgIpc) is 2.94. The zero-order valence-electron chi connectivity index (χ0n) is 8.94. The van der Waals surface area contributed by atoms with Crippen molar-refractivity contribution in [3.8, 4) is 5.95 Å². The van der Waals surface area contributed by atoms with Crippen LogP contribution in [0.4, 0.5) is 13.2 Å². The van der Waals surface area contributed by atoms with Crippen molar-refractivity contribution in [1.29, 1.82) is 0 Å². The van der Waals surface area contributed by atoms with Gasteiger partial charge in [-0.25, -0.2) is 9.67 Å². The van der Waals surface area contributed by atoms with Gasteiger partial charge >= 0.3 is 6.18 Å². The van der Waals surface area contributed by atoms with Crippen molar-refractivity contribution >= 4 is 11.0 Å². The first-order valence-electron chi connectivity index (χ1n) is 5.12. The summed E-state index contributed by atoms with van der Waals surface area (Å²) in [7, 11) is 0. The van der Waals surface area contributed by atoms with E-state index in [9.17, 15) is 13.2 Å². The molecule has 2 aromatic heterocycles. The fourth-order valence-corrected chi connectivity index (χ4v) is 1.64. The van der Waals surface area contributed by atoms with Crippen LogP contribution >= 0.6 is 0 Å². The van der Waals surface area contributed by atoms with Gasteiger partial charge in [-0.05, 0) is 18.2 Å². The third-order valence-electron chi connectivity index (χ3n) is 2.47. The monoisotopic (exact) mass is 252 g/mol. The van der Waals surface area contributed by atoms with Gasteiger partial charge in [0, 0.05) is 6.20 Å². The molecule has 1 aromatic carbocycles. The number of aromatic nitrogens is 4. The van der Waals surface area contributed by atoms with Gasteiger partial charge in [-0.1, -0.05) is 12.1 Å². The second kappa shape index (κ2) is 3.59. The average molecular weight is 252 g/mol. The molecule has 3 aromatic rings. The van der Waals surface area contributed by atoms with E-state index in [0.29, 0.717) is 5.52 Å². The van der Waals surface area contributed by atoms with Crippen molar-refractivity contribution in [2.45, 2.75) is 6.18 Å². The highest BCUT2D eigenvalue weighted by Crippen LogP contribution is 2.27. The molecule has 4 nitrogen and oxygen atoms in total. The molecular weight excluding hydrogens is 245 g/mol. The van der Waals surface area contributed by atoms with Crippen LogP contribution in [0.5, 0.6) is 0 Å². The van der Waals surface area contributed by atoms with Crippen LogP contribution in [0.3, 0.4) is 0 Å². The van der Waals surface area contributed by atoms with Crippen LogP contribution < -0.4 is 0 Å². The fourth-order valence-electron chi connectivity index (χ4n) is 1.64. The van der Waals surface area contributed by atoms with Crippen molar-refractivity contribution < 1.29 is 13.2 Å². The molecule has 0 spiro atoms. The standard InChI is InChI=1S/C11H7F3N4/c12-11(13,14)9-5-6-18(17-9)10-15-7-3-1-2-4-8(7)16-10/h1-6H,(H,15,16). The number of hydrogen-bond acceptors (Lipinski definition) is 2. The lowest BCUT2D eigenvalue weighted by molar-refractivity contribution is -0.141. The summed E-state index contributed by atoms with van der Waals surface area (Å²) in [6, 6.07) is 8.09. The van der Waals surface area contributed by atoms with Gasteiger partial charge in [0.05, 0.1) is 11.0 Å². The number of H-pyrrole nitrogens is 1. The van der Waals surface area contributed by atoms with Gasteiger partial charge < -0.3 is 4.98 Å². The Morgan fingerprint density at radius 3 is 2.56 bits per heavy atom. The Hall–Kier alpha value is -2.31. The number of hydrogen-bond donors (Lipinski definition) is 1. The Bertz CT molecular complexity index is 662. The lowest BCUT2D eigenvalue weighted by Gasteiger charge is -2.00. The SMILES string of the molecule is FC(F)(F)c1ccn(-c2nc3ccccc3[nH]2)n1. The minimum Gasteiger partial charge on any atom is -0.322 e. The summed E-state index contributed by atoms with van der Waals surface area (Å²) < 4.78 is 38.3. The minimum atomic E-state index is -4.45. The largest absolute Gasteiger partial charge is 0.435 e. The zero-order chi connectivity index (χ0) is 12.8. The Kier molecular flexibility index (Phi) is 2.16. The maximum atomic E-state index is 12.4. The smallest absolute Gasteiger partial charge is 0.322 e. The molecule has 7 heteroatoms. The maximum absolute atomic E-state index is 12.4. The molecule has 0 bridgehead atoms. The molecule has 0 aliphatic carbocycles. The molecule has 3 rings (SSSR count). The Morgan fingerprint density at radius 1 is 1.11 bits per heavy atom. The van der Waals surface area contributed by atoms with Crippen LogP contribution in [0.25, 0.3) is 17.0 Å². The van der Waals surface area contributed by atoms with E-state index in [4.69, 9.17) is 0 Å². The molecule has 0 radical (unpaired) electrons. The molecule has 1 N–H and O–H groups in total. The van der Waals surface area contributed by atoms with E-state index in [1.165, 1.54) is 6.20 Å². The molecule has 0 aliphatic heterocycles. The molecule has 92 valence electrons. The number of nitrogens with one attached hydrogen (secondary N) is 1. The van der Waals surface area contributed by atoms with Crippen molar-refractivity contribution in [3.05, 3.63) is 42.2 Å². The summed E-state index contributed by atoms with van der Waals surface area (Å²) in [6.45, 7) is 0. The summed E-state index contributed by atoms with van der Waals surface area (Å²) in [4.78, 5) is 7.05. The molecule has 0 amide bonds.